The van der Waals surface area contributed by atoms with E-state index in [-0.39, 0.29) is 23.7 Å². The molecule has 3 rings (SSSR count). The third-order valence-corrected chi connectivity index (χ3v) is 5.77. The number of halogens is 1. The van der Waals surface area contributed by atoms with Crippen molar-refractivity contribution in [3.63, 3.8) is 0 Å². The summed E-state index contributed by atoms with van der Waals surface area (Å²) in [5.41, 5.74) is 6.18. The molecule has 0 fully saturated rings. The van der Waals surface area contributed by atoms with Gasteiger partial charge in [0.05, 0.1) is 34.5 Å². The summed E-state index contributed by atoms with van der Waals surface area (Å²) in [7, 11) is 0. The standard InChI is InChI=1S/C26H31FN4O4/c1-26(2,35)10-9-17(11-16-7-8-19(24(28)33)20(27)13-16)12-18(32)14-30-25(34)23-15-29-21-5-3-4-6-22(21)31-23/h3-8,13,15,17-18,32,35H,9-12,14H2,1-2H3,(H2,28,33)(H,30,34)/t17-,18+/m1/s1. The van der Waals surface area contributed by atoms with Gasteiger partial charge in [0, 0.05) is 6.54 Å². The van der Waals surface area contributed by atoms with Crippen molar-refractivity contribution in [2.24, 2.45) is 11.7 Å². The third-order valence-electron chi connectivity index (χ3n) is 5.77. The molecule has 2 amide bonds. The fourth-order valence-electron chi connectivity index (χ4n) is 3.92. The molecule has 0 aliphatic heterocycles. The quantitative estimate of drug-likeness (QED) is 0.332. The van der Waals surface area contributed by atoms with E-state index in [4.69, 9.17) is 5.73 Å². The highest BCUT2D eigenvalue weighted by Gasteiger charge is 2.21. The summed E-state index contributed by atoms with van der Waals surface area (Å²) in [4.78, 5) is 32.3. The van der Waals surface area contributed by atoms with Gasteiger partial charge in [-0.1, -0.05) is 18.2 Å². The van der Waals surface area contributed by atoms with E-state index in [1.54, 1.807) is 32.0 Å². The number of hydrogen-bond donors (Lipinski definition) is 4. The molecule has 3 aromatic rings. The Morgan fingerprint density at radius 2 is 1.89 bits per heavy atom. The maximum Gasteiger partial charge on any atom is 0.271 e. The van der Waals surface area contributed by atoms with Crippen LogP contribution in [-0.2, 0) is 6.42 Å². The number of primary amides is 1. The molecule has 0 radical (unpaired) electrons. The first kappa shape index (κ1) is 26.2. The number of nitrogens with zero attached hydrogens (tertiary/aromatic N) is 2. The maximum absolute atomic E-state index is 14.2. The van der Waals surface area contributed by atoms with Crippen LogP contribution < -0.4 is 11.1 Å². The zero-order valence-corrected chi connectivity index (χ0v) is 19.9. The Labute approximate surface area is 203 Å². The Morgan fingerprint density at radius 3 is 2.54 bits per heavy atom. The fourth-order valence-corrected chi connectivity index (χ4v) is 3.92. The van der Waals surface area contributed by atoms with Crippen LogP contribution in [0.3, 0.4) is 0 Å². The van der Waals surface area contributed by atoms with Crippen molar-refractivity contribution in [1.29, 1.82) is 0 Å². The molecular weight excluding hydrogens is 451 g/mol. The second kappa shape index (κ2) is 11.3. The van der Waals surface area contributed by atoms with Crippen molar-refractivity contribution in [1.82, 2.24) is 15.3 Å². The Balaban J connectivity index is 1.62. The van der Waals surface area contributed by atoms with Gasteiger partial charge < -0.3 is 21.3 Å². The first-order valence-corrected chi connectivity index (χ1v) is 11.5. The van der Waals surface area contributed by atoms with Gasteiger partial charge in [-0.15, -0.1) is 0 Å². The minimum atomic E-state index is -0.896. The molecule has 0 unspecified atom stereocenters. The number of carbonyl (C=O) groups is 2. The Bertz CT molecular complexity index is 1200. The first-order valence-electron chi connectivity index (χ1n) is 11.5. The molecule has 0 saturated heterocycles. The van der Waals surface area contributed by atoms with Crippen molar-refractivity contribution in [2.75, 3.05) is 6.54 Å². The van der Waals surface area contributed by atoms with Crippen LogP contribution in [0.15, 0.2) is 48.7 Å². The summed E-state index contributed by atoms with van der Waals surface area (Å²) in [5.74, 6) is -2.08. The number of aliphatic hydroxyl groups is 2. The van der Waals surface area contributed by atoms with Crippen molar-refractivity contribution in [3.8, 4) is 0 Å². The van der Waals surface area contributed by atoms with Crippen molar-refractivity contribution < 1.29 is 24.2 Å². The molecule has 9 heteroatoms. The van der Waals surface area contributed by atoms with Crippen LogP contribution in [0.2, 0.25) is 0 Å². The van der Waals surface area contributed by atoms with Crippen LogP contribution in [0.1, 0.15) is 59.5 Å². The largest absolute Gasteiger partial charge is 0.391 e. The number of fused-ring (bicyclic) bond motifs is 1. The van der Waals surface area contributed by atoms with E-state index < -0.39 is 29.3 Å². The van der Waals surface area contributed by atoms with E-state index in [1.165, 1.54) is 18.3 Å². The number of aromatic nitrogens is 2. The monoisotopic (exact) mass is 482 g/mol. The lowest BCUT2D eigenvalue weighted by molar-refractivity contribution is 0.0577. The Hall–Kier alpha value is -3.43. The van der Waals surface area contributed by atoms with Gasteiger partial charge in [0.25, 0.3) is 11.8 Å². The number of para-hydroxylation sites is 2. The molecule has 1 aromatic heterocycles. The zero-order valence-electron chi connectivity index (χ0n) is 19.9. The van der Waals surface area contributed by atoms with Gasteiger partial charge in [-0.05, 0) is 75.3 Å². The molecule has 2 aromatic carbocycles. The molecule has 8 nitrogen and oxygen atoms in total. The van der Waals surface area contributed by atoms with Gasteiger partial charge in [0.2, 0.25) is 0 Å². The lowest BCUT2D eigenvalue weighted by Gasteiger charge is -2.24. The predicted molar refractivity (Wildman–Crippen MR) is 130 cm³/mol. The van der Waals surface area contributed by atoms with Gasteiger partial charge in [0.15, 0.2) is 0 Å². The maximum atomic E-state index is 14.2. The van der Waals surface area contributed by atoms with Crippen molar-refractivity contribution in [3.05, 3.63) is 71.3 Å². The number of benzene rings is 2. The summed E-state index contributed by atoms with van der Waals surface area (Å²) >= 11 is 0. The average molecular weight is 483 g/mol. The highest BCUT2D eigenvalue weighted by Crippen LogP contribution is 2.24. The van der Waals surface area contributed by atoms with Crippen LogP contribution >= 0.6 is 0 Å². The van der Waals surface area contributed by atoms with Gasteiger partial charge >= 0.3 is 0 Å². The molecule has 0 saturated carbocycles. The van der Waals surface area contributed by atoms with Crippen LogP contribution in [0, 0.1) is 11.7 Å². The second-order valence-electron chi connectivity index (χ2n) is 9.44. The SMILES string of the molecule is CC(C)(O)CC[C@H](Cc1ccc(C(N)=O)c(F)c1)C[C@H](O)CNC(=O)c1cnc2ccccc2n1. The summed E-state index contributed by atoms with van der Waals surface area (Å²) in [6, 6.07) is 11.5. The van der Waals surface area contributed by atoms with E-state index in [2.05, 4.69) is 15.3 Å². The van der Waals surface area contributed by atoms with E-state index in [0.717, 1.165) is 0 Å². The minimum Gasteiger partial charge on any atom is -0.391 e. The molecule has 1 heterocycles. The Kier molecular flexibility index (Phi) is 8.48. The second-order valence-corrected chi connectivity index (χ2v) is 9.44. The van der Waals surface area contributed by atoms with Gasteiger partial charge in [0.1, 0.15) is 11.5 Å². The summed E-state index contributed by atoms with van der Waals surface area (Å²) in [6.07, 6.45) is 2.32. The van der Waals surface area contributed by atoms with E-state index >= 15 is 0 Å². The topological polar surface area (TPSA) is 138 Å². The number of amides is 2. The molecule has 0 aliphatic rings. The van der Waals surface area contributed by atoms with Crippen LogP contribution in [0.25, 0.3) is 11.0 Å². The minimum absolute atomic E-state index is 0.00132. The number of nitrogens with one attached hydrogen (secondary N) is 1. The molecule has 2 atom stereocenters. The molecule has 0 aliphatic carbocycles. The lowest BCUT2D eigenvalue weighted by Crippen LogP contribution is -2.34. The van der Waals surface area contributed by atoms with Crippen LogP contribution in [0.4, 0.5) is 4.39 Å². The average Bonchev–Trinajstić information content (AvgIpc) is 2.80. The fraction of sp³-hybridized carbons (Fsp3) is 0.385. The number of carbonyl (C=O) groups excluding carboxylic acids is 2. The van der Waals surface area contributed by atoms with Gasteiger partial charge in [-0.3, -0.25) is 14.6 Å². The van der Waals surface area contributed by atoms with E-state index in [9.17, 15) is 24.2 Å². The molecular formula is C26H31FN4O4. The van der Waals surface area contributed by atoms with Crippen molar-refractivity contribution >= 4 is 22.8 Å². The highest BCUT2D eigenvalue weighted by atomic mass is 19.1. The summed E-state index contributed by atoms with van der Waals surface area (Å²) in [6.45, 7) is 3.40. The predicted octanol–water partition coefficient (Wildman–Crippen LogP) is 2.76. The van der Waals surface area contributed by atoms with E-state index in [1.807, 2.05) is 12.1 Å². The van der Waals surface area contributed by atoms with Gasteiger partial charge in [-0.2, -0.15) is 0 Å². The lowest BCUT2D eigenvalue weighted by atomic mass is 9.86. The van der Waals surface area contributed by atoms with Crippen LogP contribution in [0.5, 0.6) is 0 Å². The smallest absolute Gasteiger partial charge is 0.271 e. The third kappa shape index (κ3) is 7.80. The molecule has 0 spiro atoms. The molecule has 35 heavy (non-hydrogen) atoms. The number of aliphatic hydroxyl groups excluding tert-OH is 1. The number of rotatable bonds is 11. The first-order chi connectivity index (χ1) is 16.5. The van der Waals surface area contributed by atoms with Crippen molar-refractivity contribution in [2.45, 2.75) is 51.2 Å². The zero-order chi connectivity index (χ0) is 25.6. The number of nitrogens with two attached hydrogens (primary N) is 1. The van der Waals surface area contributed by atoms with Crippen LogP contribution in [-0.4, -0.2) is 50.2 Å². The summed E-state index contributed by atoms with van der Waals surface area (Å²) in [5, 5.41) is 23.4. The molecule has 0 bridgehead atoms. The normalized spacial score (nSPS) is 13.4. The Morgan fingerprint density at radius 1 is 1.17 bits per heavy atom. The number of hydrogen-bond acceptors (Lipinski definition) is 6. The molecule has 5 N–H and O–H groups in total. The molecule has 186 valence electrons. The summed E-state index contributed by atoms with van der Waals surface area (Å²) < 4.78 is 14.2. The van der Waals surface area contributed by atoms with E-state index in [0.29, 0.717) is 42.3 Å². The highest BCUT2D eigenvalue weighted by molar-refractivity contribution is 5.94. The van der Waals surface area contributed by atoms with Gasteiger partial charge in [-0.25, -0.2) is 9.37 Å².